The van der Waals surface area contributed by atoms with Crippen molar-refractivity contribution in [1.82, 2.24) is 15.0 Å². The van der Waals surface area contributed by atoms with Gasteiger partial charge in [0.15, 0.2) is 0 Å². The quantitative estimate of drug-likeness (QED) is 0.420. The maximum absolute atomic E-state index is 12.9. The summed E-state index contributed by atoms with van der Waals surface area (Å²) < 4.78 is 33.4. The molecular formula is C24H24N4O4SSi. The molecule has 0 spiro atoms. The number of amides is 1. The summed E-state index contributed by atoms with van der Waals surface area (Å²) >= 11 is 0. The second-order valence-electron chi connectivity index (χ2n) is 8.79. The van der Waals surface area contributed by atoms with Gasteiger partial charge in [-0.1, -0.05) is 55.9 Å². The predicted molar refractivity (Wildman–Crippen MR) is 132 cm³/mol. The van der Waals surface area contributed by atoms with E-state index in [0.717, 1.165) is 5.56 Å². The van der Waals surface area contributed by atoms with Crippen LogP contribution >= 0.6 is 0 Å². The van der Waals surface area contributed by atoms with E-state index < -0.39 is 24.0 Å². The highest BCUT2D eigenvalue weighted by atomic mass is 32.2. The summed E-state index contributed by atoms with van der Waals surface area (Å²) in [6, 6.07) is 14.2. The normalized spacial score (nSPS) is 15.1. The van der Waals surface area contributed by atoms with Crippen LogP contribution in [0.25, 0.3) is 0 Å². The zero-order chi connectivity index (χ0) is 24.3. The van der Waals surface area contributed by atoms with Crippen molar-refractivity contribution in [1.29, 1.82) is 0 Å². The van der Waals surface area contributed by atoms with E-state index in [2.05, 4.69) is 51.1 Å². The standard InChI is InChI=1S/C24H24N4O4SSi/c1-34(2,3)14-11-17-9-10-20-21(15-17)33(30,31)28-22(27-20)23(29)26-16-19(24-25-12-13-32-24)18-7-5-4-6-8-18/h4-10,12-13,15,19H,16H2,1-3H3,(H,26,29)(H,27,28). The number of carbonyl (C=O) groups excluding carboxylic acids is 1. The Morgan fingerprint density at radius 3 is 2.62 bits per heavy atom. The van der Waals surface area contributed by atoms with Gasteiger partial charge in [0, 0.05) is 12.1 Å². The van der Waals surface area contributed by atoms with Crippen LogP contribution in [0.5, 0.6) is 0 Å². The van der Waals surface area contributed by atoms with Gasteiger partial charge < -0.3 is 9.73 Å². The molecule has 0 bridgehead atoms. The number of hydrogen-bond donors (Lipinski definition) is 2. The third kappa shape index (κ3) is 5.44. The van der Waals surface area contributed by atoms with Gasteiger partial charge in [-0.15, -0.1) is 5.54 Å². The van der Waals surface area contributed by atoms with Crippen molar-refractivity contribution in [2.24, 2.45) is 4.99 Å². The van der Waals surface area contributed by atoms with Crippen LogP contribution in [0.1, 0.15) is 22.9 Å². The first-order chi connectivity index (χ1) is 16.1. The Hall–Kier alpha value is -3.68. The summed E-state index contributed by atoms with van der Waals surface area (Å²) in [6.07, 6.45) is 3.00. The lowest BCUT2D eigenvalue weighted by Gasteiger charge is -2.19. The Balaban J connectivity index is 1.56. The topological polar surface area (TPSA) is 114 Å². The van der Waals surface area contributed by atoms with Crippen LogP contribution < -0.4 is 10.0 Å². The minimum absolute atomic E-state index is 0.00614. The van der Waals surface area contributed by atoms with Crippen molar-refractivity contribution in [2.75, 3.05) is 6.54 Å². The van der Waals surface area contributed by atoms with Crippen LogP contribution in [-0.2, 0) is 14.8 Å². The monoisotopic (exact) mass is 492 g/mol. The van der Waals surface area contributed by atoms with Crippen LogP contribution in [0, 0.1) is 11.5 Å². The third-order valence-electron chi connectivity index (χ3n) is 4.93. The number of hydrogen-bond acceptors (Lipinski definition) is 6. The number of benzene rings is 2. The Morgan fingerprint density at radius 2 is 1.94 bits per heavy atom. The van der Waals surface area contributed by atoms with E-state index in [-0.39, 0.29) is 28.9 Å². The van der Waals surface area contributed by atoms with Gasteiger partial charge in [0.1, 0.15) is 19.2 Å². The largest absolute Gasteiger partial charge is 0.448 e. The Bertz CT molecular complexity index is 1400. The Morgan fingerprint density at radius 1 is 1.18 bits per heavy atom. The number of nitrogens with zero attached hydrogens (tertiary/aromatic N) is 2. The average Bonchev–Trinajstić information content (AvgIpc) is 3.32. The fourth-order valence-corrected chi connectivity index (χ4v) is 4.99. The fraction of sp³-hybridized carbons (Fsp3) is 0.208. The Labute approximate surface area is 199 Å². The second-order valence-corrected chi connectivity index (χ2v) is 15.2. The van der Waals surface area contributed by atoms with E-state index in [4.69, 9.17) is 4.42 Å². The van der Waals surface area contributed by atoms with Crippen molar-refractivity contribution in [3.63, 3.8) is 0 Å². The first kappa shape index (κ1) is 23.5. The van der Waals surface area contributed by atoms with Gasteiger partial charge in [0.05, 0.1) is 17.8 Å². The highest BCUT2D eigenvalue weighted by molar-refractivity contribution is 7.90. The third-order valence-corrected chi connectivity index (χ3v) is 7.17. The van der Waals surface area contributed by atoms with Gasteiger partial charge >= 0.3 is 0 Å². The number of amidine groups is 1. The van der Waals surface area contributed by atoms with Crippen molar-refractivity contribution in [3.05, 3.63) is 78.0 Å². The number of nitrogens with one attached hydrogen (secondary N) is 2. The fourth-order valence-electron chi connectivity index (χ4n) is 3.30. The smallest absolute Gasteiger partial charge is 0.287 e. The molecule has 174 valence electrons. The molecule has 0 radical (unpaired) electrons. The molecule has 34 heavy (non-hydrogen) atoms. The molecule has 8 nitrogen and oxygen atoms in total. The van der Waals surface area contributed by atoms with Crippen LogP contribution in [0.3, 0.4) is 0 Å². The van der Waals surface area contributed by atoms with E-state index in [1.54, 1.807) is 12.1 Å². The molecule has 3 aromatic rings. The lowest BCUT2D eigenvalue weighted by molar-refractivity contribution is -0.115. The number of fused-ring (bicyclic) bond motifs is 1. The lowest BCUT2D eigenvalue weighted by atomic mass is 9.99. The molecule has 0 saturated carbocycles. The molecule has 10 heteroatoms. The van der Waals surface area contributed by atoms with Gasteiger partial charge in [-0.3, -0.25) is 9.52 Å². The number of sulfonamides is 1. The molecule has 1 aliphatic rings. The molecule has 4 rings (SSSR count). The SMILES string of the molecule is C[Si](C)(C)C#Cc1ccc2c(c1)S(=O)(=O)NC(C(=O)NCC(c1ccccc1)c1ncco1)=N2. The van der Waals surface area contributed by atoms with Crippen LogP contribution in [0.2, 0.25) is 19.6 Å². The summed E-state index contributed by atoms with van der Waals surface area (Å²) in [5, 5.41) is 2.74. The number of aromatic nitrogens is 1. The van der Waals surface area contributed by atoms with E-state index in [0.29, 0.717) is 11.5 Å². The predicted octanol–water partition coefficient (Wildman–Crippen LogP) is 3.17. The minimum atomic E-state index is -3.98. The minimum Gasteiger partial charge on any atom is -0.448 e. The first-order valence-corrected chi connectivity index (χ1v) is 15.6. The zero-order valence-corrected chi connectivity index (χ0v) is 20.8. The molecule has 1 atom stereocenters. The molecule has 1 aromatic heterocycles. The first-order valence-electron chi connectivity index (χ1n) is 10.6. The molecule has 2 aromatic carbocycles. The molecule has 1 unspecified atom stereocenters. The highest BCUT2D eigenvalue weighted by Gasteiger charge is 2.30. The zero-order valence-electron chi connectivity index (χ0n) is 19.0. The van der Waals surface area contributed by atoms with Gasteiger partial charge in [0.2, 0.25) is 11.7 Å². The molecule has 1 aliphatic heterocycles. The summed E-state index contributed by atoms with van der Waals surface area (Å²) in [7, 11) is -5.59. The molecule has 2 N–H and O–H groups in total. The van der Waals surface area contributed by atoms with Crippen molar-refractivity contribution < 1.29 is 17.6 Å². The van der Waals surface area contributed by atoms with Crippen molar-refractivity contribution in [3.8, 4) is 11.5 Å². The molecular weight excluding hydrogens is 468 g/mol. The van der Waals surface area contributed by atoms with E-state index in [1.165, 1.54) is 18.5 Å². The molecule has 1 amide bonds. The highest BCUT2D eigenvalue weighted by Crippen LogP contribution is 2.29. The van der Waals surface area contributed by atoms with Gasteiger partial charge in [-0.2, -0.15) is 0 Å². The maximum Gasteiger partial charge on any atom is 0.287 e. The van der Waals surface area contributed by atoms with E-state index in [9.17, 15) is 13.2 Å². The van der Waals surface area contributed by atoms with Crippen LogP contribution in [0.15, 0.2) is 75.3 Å². The van der Waals surface area contributed by atoms with Crippen molar-refractivity contribution >= 4 is 35.5 Å². The number of rotatable bonds is 5. The summed E-state index contributed by atoms with van der Waals surface area (Å²) in [5.74, 6) is 2.19. The lowest BCUT2D eigenvalue weighted by Crippen LogP contribution is -2.45. The summed E-state index contributed by atoms with van der Waals surface area (Å²) in [4.78, 5) is 21.3. The maximum atomic E-state index is 12.9. The number of carbonyl (C=O) groups is 1. The van der Waals surface area contributed by atoms with Gasteiger partial charge in [-0.25, -0.2) is 18.4 Å². The second kappa shape index (κ2) is 9.28. The molecule has 2 heterocycles. The van der Waals surface area contributed by atoms with Crippen molar-refractivity contribution in [2.45, 2.75) is 30.5 Å². The van der Waals surface area contributed by atoms with Gasteiger partial charge in [0.25, 0.3) is 15.9 Å². The van der Waals surface area contributed by atoms with Crippen LogP contribution in [0.4, 0.5) is 5.69 Å². The van der Waals surface area contributed by atoms with Gasteiger partial charge in [-0.05, 0) is 23.8 Å². The number of oxazole rings is 1. The van der Waals surface area contributed by atoms with E-state index in [1.807, 2.05) is 30.3 Å². The number of aliphatic imine (C=N–C) groups is 1. The summed E-state index contributed by atoms with van der Waals surface area (Å²) in [6.45, 7) is 6.46. The summed E-state index contributed by atoms with van der Waals surface area (Å²) in [5.41, 5.74) is 4.89. The molecule has 0 saturated heterocycles. The van der Waals surface area contributed by atoms with E-state index >= 15 is 0 Å². The van der Waals surface area contributed by atoms with Crippen LogP contribution in [-0.4, -0.2) is 39.8 Å². The molecule has 0 aliphatic carbocycles. The molecule has 0 fully saturated rings. The Kier molecular flexibility index (Phi) is 6.41. The average molecular weight is 493 g/mol.